The van der Waals surface area contributed by atoms with E-state index in [1.54, 1.807) is 6.07 Å². The second-order valence-electron chi connectivity index (χ2n) is 8.46. The number of benzene rings is 3. The highest BCUT2D eigenvalue weighted by atomic mass is 19.1. The van der Waals surface area contributed by atoms with Gasteiger partial charge in [0.15, 0.2) is 0 Å². The molecule has 4 rings (SSSR count). The maximum Gasteiger partial charge on any atom is 0.143 e. The fourth-order valence-corrected chi connectivity index (χ4v) is 4.14. The second-order valence-corrected chi connectivity index (χ2v) is 8.46. The van der Waals surface area contributed by atoms with Gasteiger partial charge < -0.3 is 0 Å². The average molecular weight is 437 g/mol. The summed E-state index contributed by atoms with van der Waals surface area (Å²) < 4.78 is 15.7. The van der Waals surface area contributed by atoms with Crippen LogP contribution in [0.25, 0.3) is 0 Å². The zero-order chi connectivity index (χ0) is 23.6. The molecule has 33 heavy (non-hydrogen) atoms. The van der Waals surface area contributed by atoms with Crippen molar-refractivity contribution >= 4 is 0 Å². The zero-order valence-electron chi connectivity index (χ0n) is 20.3. The van der Waals surface area contributed by atoms with Crippen LogP contribution in [0.5, 0.6) is 0 Å². The lowest BCUT2D eigenvalue weighted by molar-refractivity contribution is 0.429. The Morgan fingerprint density at radius 2 is 1.06 bits per heavy atom. The molecule has 0 spiro atoms. The van der Waals surface area contributed by atoms with Crippen molar-refractivity contribution in [1.82, 2.24) is 0 Å². The third-order valence-electron chi connectivity index (χ3n) is 5.98. The van der Waals surface area contributed by atoms with Crippen LogP contribution in [-0.2, 0) is 0 Å². The van der Waals surface area contributed by atoms with Gasteiger partial charge in [0.2, 0.25) is 0 Å². The van der Waals surface area contributed by atoms with Crippen LogP contribution >= 0.6 is 0 Å². The summed E-state index contributed by atoms with van der Waals surface area (Å²) in [6, 6.07) is 19.9. The van der Waals surface area contributed by atoms with Gasteiger partial charge in [-0.3, -0.25) is 0 Å². The van der Waals surface area contributed by atoms with E-state index >= 15 is 4.39 Å². The first-order chi connectivity index (χ1) is 16.1. The van der Waals surface area contributed by atoms with E-state index in [-0.39, 0.29) is 11.7 Å². The van der Waals surface area contributed by atoms with Crippen LogP contribution in [0.4, 0.5) is 4.39 Å². The minimum atomic E-state index is -0.192. The molecule has 1 aliphatic rings. The number of hydrogen-bond acceptors (Lipinski definition) is 0. The van der Waals surface area contributed by atoms with Gasteiger partial charge in [-0.25, -0.2) is 4.39 Å². The van der Waals surface area contributed by atoms with Crippen LogP contribution in [0.2, 0.25) is 0 Å². The van der Waals surface area contributed by atoms with E-state index in [9.17, 15) is 0 Å². The molecule has 1 fully saturated rings. The molecule has 0 bridgehead atoms. The Kier molecular flexibility index (Phi) is 8.92. The summed E-state index contributed by atoms with van der Waals surface area (Å²) >= 11 is 0. The van der Waals surface area contributed by atoms with Crippen LogP contribution in [0.3, 0.4) is 0 Å². The molecule has 0 radical (unpaired) electrons. The first-order valence-electron chi connectivity index (χ1n) is 12.1. The third kappa shape index (κ3) is 6.60. The highest BCUT2D eigenvalue weighted by molar-refractivity contribution is 5.54. The van der Waals surface area contributed by atoms with Gasteiger partial charge in [0.1, 0.15) is 5.82 Å². The van der Waals surface area contributed by atoms with Crippen LogP contribution in [0.1, 0.15) is 90.8 Å². The molecule has 1 saturated carbocycles. The van der Waals surface area contributed by atoms with Gasteiger partial charge in [0.25, 0.3) is 0 Å². The predicted octanol–water partition coefficient (Wildman–Crippen LogP) is 8.32. The molecule has 0 atom stereocenters. The summed E-state index contributed by atoms with van der Waals surface area (Å²) in [6.45, 7) is 8.10. The molecule has 0 aromatic heterocycles. The minimum Gasteiger partial charge on any atom is -0.205 e. The van der Waals surface area contributed by atoms with Crippen molar-refractivity contribution in [2.24, 2.45) is 0 Å². The Hall–Kier alpha value is -3.29. The standard InChI is InChI=1S/C30H27F.C2H6/c1-22-8-12-24(13-9-22)16-18-27-20-21-28(19-17-25-14-10-23(2)11-15-25)30(31)29(27)26-6-4-3-5-7-26;1-2/h8-15,20-21,26H,3-7H2,1-2H3;1-2H3. The number of aryl methyl sites for hydroxylation is 2. The van der Waals surface area contributed by atoms with E-state index < -0.39 is 0 Å². The molecule has 0 saturated heterocycles. The van der Waals surface area contributed by atoms with Gasteiger partial charge in [-0.15, -0.1) is 0 Å². The molecule has 168 valence electrons. The molecule has 3 aromatic rings. The van der Waals surface area contributed by atoms with E-state index in [1.807, 2.05) is 63.2 Å². The lowest BCUT2D eigenvalue weighted by atomic mass is 9.81. The quantitative estimate of drug-likeness (QED) is 0.336. The Morgan fingerprint density at radius 3 is 1.58 bits per heavy atom. The molecular weight excluding hydrogens is 403 g/mol. The van der Waals surface area contributed by atoms with Gasteiger partial charge in [-0.05, 0) is 69.0 Å². The largest absolute Gasteiger partial charge is 0.205 e. The maximum atomic E-state index is 15.7. The van der Waals surface area contributed by atoms with Crippen molar-refractivity contribution < 1.29 is 4.39 Å². The summed E-state index contributed by atoms with van der Waals surface area (Å²) in [4.78, 5) is 0. The van der Waals surface area contributed by atoms with Crippen LogP contribution < -0.4 is 0 Å². The number of halogens is 1. The Labute approximate surface area is 199 Å². The van der Waals surface area contributed by atoms with E-state index in [0.717, 1.165) is 47.9 Å². The zero-order valence-corrected chi connectivity index (χ0v) is 20.3. The molecule has 0 amide bonds. The normalized spacial score (nSPS) is 13.0. The van der Waals surface area contributed by atoms with Crippen LogP contribution in [0, 0.1) is 43.3 Å². The number of rotatable bonds is 1. The molecule has 0 aliphatic heterocycles. The molecule has 0 nitrogen and oxygen atoms in total. The van der Waals surface area contributed by atoms with Gasteiger partial charge in [-0.2, -0.15) is 0 Å². The molecule has 3 aromatic carbocycles. The molecule has 0 heterocycles. The summed E-state index contributed by atoms with van der Waals surface area (Å²) in [7, 11) is 0. The third-order valence-corrected chi connectivity index (χ3v) is 5.98. The van der Waals surface area contributed by atoms with Gasteiger partial charge >= 0.3 is 0 Å². The first kappa shape index (κ1) is 24.4. The SMILES string of the molecule is CC.Cc1ccc(C#Cc2ccc(C#Cc3ccc(C)cc3)c(C3CCCCC3)c2F)cc1. The predicted molar refractivity (Wildman–Crippen MR) is 138 cm³/mol. The van der Waals surface area contributed by atoms with Gasteiger partial charge in [0, 0.05) is 22.3 Å². The fraction of sp³-hybridized carbons (Fsp3) is 0.312. The van der Waals surface area contributed by atoms with E-state index in [1.165, 1.54) is 17.5 Å². The van der Waals surface area contributed by atoms with Crippen molar-refractivity contribution in [3.63, 3.8) is 0 Å². The minimum absolute atomic E-state index is 0.192. The Morgan fingerprint density at radius 1 is 0.606 bits per heavy atom. The van der Waals surface area contributed by atoms with Crippen molar-refractivity contribution in [2.45, 2.75) is 65.7 Å². The van der Waals surface area contributed by atoms with Crippen molar-refractivity contribution in [1.29, 1.82) is 0 Å². The average Bonchev–Trinajstić information content (AvgIpc) is 2.86. The summed E-state index contributed by atoms with van der Waals surface area (Å²) in [5.74, 6) is 12.7. The second kappa shape index (κ2) is 12.1. The topological polar surface area (TPSA) is 0 Å². The molecule has 0 N–H and O–H groups in total. The summed E-state index contributed by atoms with van der Waals surface area (Å²) in [5, 5.41) is 0. The molecule has 1 aliphatic carbocycles. The lowest BCUT2D eigenvalue weighted by Crippen LogP contribution is -2.10. The molecular formula is C32H33F. The maximum absolute atomic E-state index is 15.7. The molecule has 1 heteroatoms. The van der Waals surface area contributed by atoms with Crippen LogP contribution in [-0.4, -0.2) is 0 Å². The highest BCUT2D eigenvalue weighted by Crippen LogP contribution is 2.36. The Balaban J connectivity index is 0.00000149. The summed E-state index contributed by atoms with van der Waals surface area (Å²) in [6.07, 6.45) is 5.56. The fourth-order valence-electron chi connectivity index (χ4n) is 4.14. The van der Waals surface area contributed by atoms with Crippen LogP contribution in [0.15, 0.2) is 60.7 Å². The summed E-state index contributed by atoms with van der Waals surface area (Å²) in [5.41, 5.74) is 6.25. The van der Waals surface area contributed by atoms with Crippen molar-refractivity contribution in [3.8, 4) is 23.7 Å². The lowest BCUT2D eigenvalue weighted by Gasteiger charge is -2.24. The van der Waals surface area contributed by atoms with Crippen molar-refractivity contribution in [2.75, 3.05) is 0 Å². The smallest absolute Gasteiger partial charge is 0.143 e. The van der Waals surface area contributed by atoms with Crippen molar-refractivity contribution in [3.05, 3.63) is 105 Å². The Bertz CT molecular complexity index is 1170. The molecule has 0 unspecified atom stereocenters. The highest BCUT2D eigenvalue weighted by Gasteiger charge is 2.23. The van der Waals surface area contributed by atoms with E-state index in [2.05, 4.69) is 42.7 Å². The van der Waals surface area contributed by atoms with Gasteiger partial charge in [0.05, 0.1) is 5.56 Å². The van der Waals surface area contributed by atoms with Gasteiger partial charge in [-0.1, -0.05) is 92.2 Å². The first-order valence-corrected chi connectivity index (χ1v) is 12.1. The van der Waals surface area contributed by atoms with E-state index in [4.69, 9.17) is 0 Å². The number of hydrogen-bond donors (Lipinski definition) is 0. The van der Waals surface area contributed by atoms with E-state index in [0.29, 0.717) is 5.56 Å². The monoisotopic (exact) mass is 436 g/mol.